The molecule has 17 heavy (non-hydrogen) atoms. The number of rotatable bonds is 3. The molecule has 1 aromatic rings. The van der Waals surface area contributed by atoms with Crippen LogP contribution in [0.4, 0.5) is 0 Å². The smallest absolute Gasteiger partial charge is 0.0712 e. The number of nitrogens with zero attached hydrogens (tertiary/aromatic N) is 1. The van der Waals surface area contributed by atoms with E-state index in [1.807, 2.05) is 24.3 Å². The first kappa shape index (κ1) is 13.2. The van der Waals surface area contributed by atoms with E-state index in [2.05, 4.69) is 4.90 Å². The summed E-state index contributed by atoms with van der Waals surface area (Å²) in [6.45, 7) is 3.33. The van der Waals surface area contributed by atoms with Gasteiger partial charge in [-0.1, -0.05) is 36.6 Å². The van der Waals surface area contributed by atoms with Gasteiger partial charge in [0.15, 0.2) is 0 Å². The summed E-state index contributed by atoms with van der Waals surface area (Å²) in [4.78, 5) is 2.49. The normalized spacial score (nSPS) is 19.9. The van der Waals surface area contributed by atoms with Crippen molar-refractivity contribution < 1.29 is 0 Å². The molecule has 1 aromatic carbocycles. The van der Waals surface area contributed by atoms with E-state index in [9.17, 15) is 0 Å². The first-order valence-corrected chi connectivity index (χ1v) is 7.19. The summed E-state index contributed by atoms with van der Waals surface area (Å²) < 4.78 is 0. The fourth-order valence-electron chi connectivity index (χ4n) is 2.32. The fourth-order valence-corrected chi connectivity index (χ4v) is 2.79. The summed E-state index contributed by atoms with van der Waals surface area (Å²) in [7, 11) is 0. The Morgan fingerprint density at radius 3 is 2.18 bits per heavy atom. The third-order valence-corrected chi connectivity index (χ3v) is 3.99. The summed E-state index contributed by atoms with van der Waals surface area (Å²) in [6.07, 6.45) is 5.35. The van der Waals surface area contributed by atoms with Gasteiger partial charge in [0.05, 0.1) is 5.38 Å². The van der Waals surface area contributed by atoms with Gasteiger partial charge in [-0.05, 0) is 43.6 Å². The van der Waals surface area contributed by atoms with Crippen molar-refractivity contribution in [3.8, 4) is 0 Å². The van der Waals surface area contributed by atoms with Crippen molar-refractivity contribution in [1.29, 1.82) is 0 Å². The van der Waals surface area contributed by atoms with Crippen molar-refractivity contribution in [2.75, 3.05) is 19.6 Å². The third kappa shape index (κ3) is 4.17. The highest BCUT2D eigenvalue weighted by atomic mass is 35.5. The number of benzene rings is 1. The maximum atomic E-state index is 6.46. The Balaban J connectivity index is 1.91. The standard InChI is InChI=1S/C14H19Cl2N/c15-13-7-5-12(6-8-13)14(16)11-17-9-3-1-2-4-10-17/h5-8,14H,1-4,9-11H2. The molecule has 1 saturated heterocycles. The second kappa shape index (κ2) is 6.63. The molecule has 1 nitrogen and oxygen atoms in total. The van der Waals surface area contributed by atoms with Crippen molar-refractivity contribution in [2.24, 2.45) is 0 Å². The van der Waals surface area contributed by atoms with Crippen LogP contribution in [0.25, 0.3) is 0 Å². The summed E-state index contributed by atoms with van der Waals surface area (Å²) in [6, 6.07) is 7.87. The lowest BCUT2D eigenvalue weighted by atomic mass is 10.1. The molecular weight excluding hydrogens is 253 g/mol. The van der Waals surface area contributed by atoms with Crippen LogP contribution in [-0.4, -0.2) is 24.5 Å². The van der Waals surface area contributed by atoms with E-state index in [-0.39, 0.29) is 5.38 Å². The molecule has 94 valence electrons. The lowest BCUT2D eigenvalue weighted by molar-refractivity contribution is 0.285. The van der Waals surface area contributed by atoms with Gasteiger partial charge >= 0.3 is 0 Å². The van der Waals surface area contributed by atoms with E-state index in [1.165, 1.54) is 44.3 Å². The van der Waals surface area contributed by atoms with Crippen LogP contribution in [-0.2, 0) is 0 Å². The van der Waals surface area contributed by atoms with E-state index in [0.29, 0.717) is 0 Å². The van der Waals surface area contributed by atoms with Crippen LogP contribution in [0.2, 0.25) is 5.02 Å². The molecule has 1 heterocycles. The van der Waals surface area contributed by atoms with Gasteiger partial charge in [0.1, 0.15) is 0 Å². The number of halogens is 2. The Bertz CT molecular complexity index is 329. The molecule has 0 spiro atoms. The molecule has 1 aliphatic heterocycles. The zero-order valence-electron chi connectivity index (χ0n) is 10.0. The van der Waals surface area contributed by atoms with Gasteiger partial charge in [-0.15, -0.1) is 11.6 Å². The molecule has 1 aliphatic rings. The molecule has 0 N–H and O–H groups in total. The van der Waals surface area contributed by atoms with Crippen LogP contribution < -0.4 is 0 Å². The molecule has 1 fully saturated rings. The molecule has 0 radical (unpaired) electrons. The average Bonchev–Trinajstić information content (AvgIpc) is 2.58. The van der Waals surface area contributed by atoms with Crippen LogP contribution in [0.1, 0.15) is 36.6 Å². The predicted octanol–water partition coefficient (Wildman–Crippen LogP) is 4.50. The molecule has 0 aromatic heterocycles. The van der Waals surface area contributed by atoms with E-state index in [4.69, 9.17) is 23.2 Å². The summed E-state index contributed by atoms with van der Waals surface area (Å²) in [5.74, 6) is 0. The number of alkyl halides is 1. The van der Waals surface area contributed by atoms with Gasteiger partial charge in [-0.2, -0.15) is 0 Å². The first-order chi connectivity index (χ1) is 8.25. The minimum atomic E-state index is 0.0744. The largest absolute Gasteiger partial charge is 0.302 e. The molecular formula is C14H19Cl2N. The molecule has 0 aliphatic carbocycles. The molecule has 0 bridgehead atoms. The van der Waals surface area contributed by atoms with E-state index in [1.54, 1.807) is 0 Å². The lowest BCUT2D eigenvalue weighted by Crippen LogP contribution is -2.28. The van der Waals surface area contributed by atoms with Gasteiger partial charge < -0.3 is 4.90 Å². The quantitative estimate of drug-likeness (QED) is 0.732. The zero-order chi connectivity index (χ0) is 12.1. The Labute approximate surface area is 114 Å². The van der Waals surface area contributed by atoms with Crippen LogP contribution in [0.15, 0.2) is 24.3 Å². The fraction of sp³-hybridized carbons (Fsp3) is 0.571. The van der Waals surface area contributed by atoms with Crippen LogP contribution >= 0.6 is 23.2 Å². The Hall–Kier alpha value is -0.240. The molecule has 3 heteroatoms. The minimum absolute atomic E-state index is 0.0744. The van der Waals surface area contributed by atoms with E-state index < -0.39 is 0 Å². The maximum absolute atomic E-state index is 6.46. The molecule has 2 rings (SSSR count). The summed E-state index contributed by atoms with van der Waals surface area (Å²) >= 11 is 12.3. The highest BCUT2D eigenvalue weighted by molar-refractivity contribution is 6.30. The van der Waals surface area contributed by atoms with Gasteiger partial charge in [0.25, 0.3) is 0 Å². The Kier molecular flexibility index (Phi) is 5.15. The second-order valence-electron chi connectivity index (χ2n) is 4.73. The van der Waals surface area contributed by atoms with Gasteiger partial charge in [0, 0.05) is 11.6 Å². The minimum Gasteiger partial charge on any atom is -0.302 e. The predicted molar refractivity (Wildman–Crippen MR) is 75.0 cm³/mol. The van der Waals surface area contributed by atoms with Crippen LogP contribution in [0.3, 0.4) is 0 Å². The van der Waals surface area contributed by atoms with Crippen molar-refractivity contribution >= 4 is 23.2 Å². The highest BCUT2D eigenvalue weighted by Gasteiger charge is 2.15. The Morgan fingerprint density at radius 1 is 1.00 bits per heavy atom. The van der Waals surface area contributed by atoms with Gasteiger partial charge in [-0.25, -0.2) is 0 Å². The maximum Gasteiger partial charge on any atom is 0.0712 e. The van der Waals surface area contributed by atoms with Crippen molar-refractivity contribution in [3.63, 3.8) is 0 Å². The van der Waals surface area contributed by atoms with Crippen molar-refractivity contribution in [2.45, 2.75) is 31.1 Å². The second-order valence-corrected chi connectivity index (χ2v) is 5.70. The molecule has 1 atom stereocenters. The zero-order valence-corrected chi connectivity index (χ0v) is 11.6. The van der Waals surface area contributed by atoms with Crippen molar-refractivity contribution in [3.05, 3.63) is 34.9 Å². The van der Waals surface area contributed by atoms with Crippen LogP contribution in [0, 0.1) is 0 Å². The van der Waals surface area contributed by atoms with Crippen LogP contribution in [0.5, 0.6) is 0 Å². The molecule has 1 unspecified atom stereocenters. The number of hydrogen-bond donors (Lipinski definition) is 0. The van der Waals surface area contributed by atoms with E-state index >= 15 is 0 Å². The average molecular weight is 272 g/mol. The number of likely N-dealkylation sites (tertiary alicyclic amines) is 1. The lowest BCUT2D eigenvalue weighted by Gasteiger charge is -2.22. The molecule has 0 saturated carbocycles. The Morgan fingerprint density at radius 2 is 1.59 bits per heavy atom. The van der Waals surface area contributed by atoms with Gasteiger partial charge in [0.2, 0.25) is 0 Å². The number of hydrogen-bond acceptors (Lipinski definition) is 1. The monoisotopic (exact) mass is 271 g/mol. The third-order valence-electron chi connectivity index (χ3n) is 3.35. The summed E-state index contributed by atoms with van der Waals surface area (Å²) in [5, 5.41) is 0.845. The SMILES string of the molecule is Clc1ccc(C(Cl)CN2CCCCCC2)cc1. The van der Waals surface area contributed by atoms with Gasteiger partial charge in [-0.3, -0.25) is 0 Å². The summed E-state index contributed by atoms with van der Waals surface area (Å²) in [5.41, 5.74) is 1.17. The first-order valence-electron chi connectivity index (χ1n) is 6.37. The highest BCUT2D eigenvalue weighted by Crippen LogP contribution is 2.24. The van der Waals surface area contributed by atoms with Crippen molar-refractivity contribution in [1.82, 2.24) is 4.90 Å². The van der Waals surface area contributed by atoms with E-state index in [0.717, 1.165) is 11.6 Å². The topological polar surface area (TPSA) is 3.24 Å². The molecule has 0 amide bonds.